The summed E-state index contributed by atoms with van der Waals surface area (Å²) in [5.74, 6) is -0.111. The van der Waals surface area contributed by atoms with Crippen molar-refractivity contribution in [3.05, 3.63) is 28.5 Å². The smallest absolute Gasteiger partial charge is 0.405 e. The Morgan fingerprint density at radius 3 is 2.42 bits per heavy atom. The lowest BCUT2D eigenvalue weighted by atomic mass is 9.66. The second-order valence-corrected chi connectivity index (χ2v) is 13.2. The van der Waals surface area contributed by atoms with Crippen LogP contribution in [0, 0.1) is 38.9 Å². The Balaban J connectivity index is 1.91. The summed E-state index contributed by atoms with van der Waals surface area (Å²) in [6.45, 7) is 15.2. The van der Waals surface area contributed by atoms with Gasteiger partial charge < -0.3 is 20.5 Å². The van der Waals surface area contributed by atoms with Crippen LogP contribution in [0.15, 0.2) is 22.9 Å². The van der Waals surface area contributed by atoms with Crippen LogP contribution in [0.5, 0.6) is 0 Å². The van der Waals surface area contributed by atoms with E-state index in [0.29, 0.717) is 24.9 Å². The zero-order valence-corrected chi connectivity index (χ0v) is 23.5. The number of piperidine rings is 1. The van der Waals surface area contributed by atoms with E-state index in [9.17, 15) is 24.8 Å². The Morgan fingerprint density at radius 1 is 1.28 bits per heavy atom. The molecule has 1 aromatic rings. The fourth-order valence-electron chi connectivity index (χ4n) is 6.87. The number of hydrogen-bond acceptors (Lipinski definition) is 6. The summed E-state index contributed by atoms with van der Waals surface area (Å²) >= 11 is 3.36. The third-order valence-corrected chi connectivity index (χ3v) is 8.81. The van der Waals surface area contributed by atoms with Crippen molar-refractivity contribution in [3.8, 4) is 6.07 Å². The quantitative estimate of drug-likeness (QED) is 0.411. The molecule has 0 radical (unpaired) electrons. The number of carbonyl (C=O) groups excluding carboxylic acids is 2. The van der Waals surface area contributed by atoms with Gasteiger partial charge in [-0.05, 0) is 38.7 Å². The number of pyridine rings is 1. The van der Waals surface area contributed by atoms with E-state index in [1.165, 1.54) is 0 Å². The highest BCUT2D eigenvalue weighted by atomic mass is 79.9. The monoisotopic (exact) mass is 561 g/mol. The third kappa shape index (κ3) is 4.63. The van der Waals surface area contributed by atoms with E-state index in [0.717, 1.165) is 4.47 Å². The molecule has 1 aliphatic heterocycles. The third-order valence-electron chi connectivity index (χ3n) is 8.38. The van der Waals surface area contributed by atoms with Crippen LogP contribution in [0.3, 0.4) is 0 Å². The zero-order valence-electron chi connectivity index (χ0n) is 21.9. The van der Waals surface area contributed by atoms with Crippen molar-refractivity contribution in [1.29, 1.82) is 5.26 Å². The number of aldehydes is 1. The zero-order chi connectivity index (χ0) is 27.3. The molecule has 0 spiro atoms. The molecule has 1 saturated heterocycles. The predicted octanol–water partition coefficient (Wildman–Crippen LogP) is 3.76. The Morgan fingerprint density at radius 2 is 1.92 bits per heavy atom. The first kappa shape index (κ1) is 28.1. The number of halogens is 1. The number of amides is 2. The minimum absolute atomic E-state index is 0.0627. The second-order valence-electron chi connectivity index (χ2n) is 12.3. The van der Waals surface area contributed by atoms with Gasteiger partial charge in [0.2, 0.25) is 5.91 Å². The molecule has 3 rings (SSSR count). The van der Waals surface area contributed by atoms with E-state index in [4.69, 9.17) is 0 Å². The van der Waals surface area contributed by atoms with Crippen LogP contribution in [-0.2, 0) is 9.59 Å². The number of nitriles is 1. The molecule has 10 heteroatoms. The SMILES string of the molecule is CC(C)(C)[C@H](N1C[C@H]2C(C)(C)[C@]2(C(=O)N[C@H](C#N)c2cncc(Br)c2)C1)C(C)(C)[C@@H](C=O)NC(=O)O. The van der Waals surface area contributed by atoms with Gasteiger partial charge in [0.05, 0.1) is 17.5 Å². The number of aromatic nitrogens is 1. The van der Waals surface area contributed by atoms with Crippen molar-refractivity contribution in [2.45, 2.75) is 66.6 Å². The summed E-state index contributed by atoms with van der Waals surface area (Å²) in [5, 5.41) is 24.4. The standard InChI is InChI=1S/C26H36BrN5O4/c1-23(2,3)20(24(4,5)19(13-33)31-22(35)36)32-12-18-25(6,7)26(18,14-32)21(34)30-17(9-28)15-8-16(27)11-29-10-15/h8,10-11,13,17-20,31H,12,14H2,1-7H3,(H,30,34)(H,35,36)/t17-,18+,19-,20+,26-/m1/s1. The summed E-state index contributed by atoms with van der Waals surface area (Å²) in [4.78, 5) is 43.5. The predicted molar refractivity (Wildman–Crippen MR) is 138 cm³/mol. The summed E-state index contributed by atoms with van der Waals surface area (Å²) in [6.07, 6.45) is 2.59. The molecule has 9 nitrogen and oxygen atoms in total. The summed E-state index contributed by atoms with van der Waals surface area (Å²) in [7, 11) is 0. The van der Waals surface area contributed by atoms with Gasteiger partial charge in [-0.2, -0.15) is 5.26 Å². The first-order valence-corrected chi connectivity index (χ1v) is 12.8. The van der Waals surface area contributed by atoms with Gasteiger partial charge in [0.15, 0.2) is 0 Å². The Hall–Kier alpha value is -2.51. The van der Waals surface area contributed by atoms with E-state index in [1.807, 2.05) is 13.8 Å². The highest BCUT2D eigenvalue weighted by molar-refractivity contribution is 9.10. The lowest BCUT2D eigenvalue weighted by Crippen LogP contribution is -2.61. The largest absolute Gasteiger partial charge is 0.465 e. The molecule has 1 aliphatic carbocycles. The first-order valence-electron chi connectivity index (χ1n) is 12.0. The van der Waals surface area contributed by atoms with Crippen molar-refractivity contribution in [2.24, 2.45) is 27.6 Å². The van der Waals surface area contributed by atoms with Gasteiger partial charge in [0.25, 0.3) is 0 Å². The van der Waals surface area contributed by atoms with Gasteiger partial charge in [-0.25, -0.2) is 4.79 Å². The van der Waals surface area contributed by atoms with E-state index in [-0.39, 0.29) is 28.7 Å². The molecular formula is C26H36BrN5O4. The van der Waals surface area contributed by atoms with Crippen LogP contribution in [-0.4, -0.2) is 58.5 Å². The molecule has 0 bridgehead atoms. The number of nitrogens with one attached hydrogen (secondary N) is 2. The molecule has 1 saturated carbocycles. The number of likely N-dealkylation sites (tertiary alicyclic amines) is 1. The maximum Gasteiger partial charge on any atom is 0.405 e. The Kier molecular flexibility index (Phi) is 7.34. The minimum atomic E-state index is -1.25. The fourth-order valence-corrected chi connectivity index (χ4v) is 7.25. The molecule has 2 fully saturated rings. The Labute approximate surface area is 221 Å². The minimum Gasteiger partial charge on any atom is -0.465 e. The summed E-state index contributed by atoms with van der Waals surface area (Å²) in [5.41, 5.74) is -1.44. The van der Waals surface area contributed by atoms with Gasteiger partial charge in [0, 0.05) is 47.0 Å². The van der Waals surface area contributed by atoms with Gasteiger partial charge in [-0.1, -0.05) is 48.5 Å². The molecule has 2 heterocycles. The molecule has 2 amide bonds. The topological polar surface area (TPSA) is 135 Å². The number of rotatable bonds is 8. The lowest BCUT2D eigenvalue weighted by Gasteiger charge is -2.51. The molecule has 0 aromatic carbocycles. The molecule has 196 valence electrons. The van der Waals surface area contributed by atoms with Crippen molar-refractivity contribution in [1.82, 2.24) is 20.5 Å². The molecule has 1 aromatic heterocycles. The van der Waals surface area contributed by atoms with Crippen molar-refractivity contribution in [2.75, 3.05) is 13.1 Å². The van der Waals surface area contributed by atoms with Gasteiger partial charge in [-0.3, -0.25) is 14.7 Å². The van der Waals surface area contributed by atoms with Crippen LogP contribution in [0.4, 0.5) is 4.79 Å². The lowest BCUT2D eigenvalue weighted by molar-refractivity contribution is -0.129. The van der Waals surface area contributed by atoms with Crippen LogP contribution in [0.1, 0.15) is 60.1 Å². The van der Waals surface area contributed by atoms with Crippen molar-refractivity contribution < 1.29 is 19.5 Å². The van der Waals surface area contributed by atoms with E-state index < -0.39 is 29.0 Å². The summed E-state index contributed by atoms with van der Waals surface area (Å²) < 4.78 is 0.722. The average molecular weight is 563 g/mol. The van der Waals surface area contributed by atoms with Gasteiger partial charge in [-0.15, -0.1) is 0 Å². The normalized spacial score (nSPS) is 25.6. The Bertz CT molecular complexity index is 1090. The average Bonchev–Trinajstić information content (AvgIpc) is 3.05. The maximum absolute atomic E-state index is 13.8. The van der Waals surface area contributed by atoms with Gasteiger partial charge in [0.1, 0.15) is 12.3 Å². The first-order chi connectivity index (χ1) is 16.5. The number of carbonyl (C=O) groups is 3. The molecule has 0 unspecified atom stereocenters. The van der Waals surface area contributed by atoms with Crippen LogP contribution >= 0.6 is 15.9 Å². The molecule has 5 atom stereocenters. The molecule has 3 N–H and O–H groups in total. The second kappa shape index (κ2) is 9.42. The molecule has 2 aliphatic rings. The van der Waals surface area contributed by atoms with E-state index in [2.05, 4.69) is 77.1 Å². The number of fused-ring (bicyclic) bond motifs is 1. The van der Waals surface area contributed by atoms with Crippen molar-refractivity contribution in [3.63, 3.8) is 0 Å². The van der Waals surface area contributed by atoms with Crippen LogP contribution in [0.25, 0.3) is 0 Å². The maximum atomic E-state index is 13.8. The van der Waals surface area contributed by atoms with Crippen LogP contribution < -0.4 is 10.6 Å². The number of hydrogen-bond donors (Lipinski definition) is 3. The highest BCUT2D eigenvalue weighted by Crippen LogP contribution is 2.73. The van der Waals surface area contributed by atoms with Gasteiger partial charge >= 0.3 is 6.09 Å². The van der Waals surface area contributed by atoms with Crippen molar-refractivity contribution >= 4 is 34.2 Å². The number of carboxylic acid groups (broad SMARTS) is 1. The highest BCUT2D eigenvalue weighted by Gasteiger charge is 2.79. The van der Waals surface area contributed by atoms with E-state index >= 15 is 0 Å². The fraction of sp³-hybridized carbons (Fsp3) is 0.654. The molecular weight excluding hydrogens is 526 g/mol. The van der Waals surface area contributed by atoms with Crippen LogP contribution in [0.2, 0.25) is 0 Å². The molecule has 36 heavy (non-hydrogen) atoms. The number of nitrogens with zero attached hydrogens (tertiary/aromatic N) is 3. The van der Waals surface area contributed by atoms with E-state index in [1.54, 1.807) is 18.5 Å². The summed E-state index contributed by atoms with van der Waals surface area (Å²) in [6, 6.07) is 1.98.